The molecule has 0 saturated heterocycles. The first-order valence-corrected chi connectivity index (χ1v) is 15.7. The van der Waals surface area contributed by atoms with Gasteiger partial charge < -0.3 is 25.7 Å². The summed E-state index contributed by atoms with van der Waals surface area (Å²) >= 11 is 0. The van der Waals surface area contributed by atoms with E-state index < -0.39 is 35.9 Å². The van der Waals surface area contributed by atoms with Crippen LogP contribution in [0, 0.1) is 18.6 Å². The van der Waals surface area contributed by atoms with E-state index in [2.05, 4.69) is 4.98 Å². The van der Waals surface area contributed by atoms with Crippen LogP contribution in [-0.4, -0.2) is 68.3 Å². The topological polar surface area (TPSA) is 120 Å². The third-order valence-electron chi connectivity index (χ3n) is 7.84. The van der Waals surface area contributed by atoms with Gasteiger partial charge in [-0.15, -0.1) is 0 Å². The molecule has 2 amide bonds. The van der Waals surface area contributed by atoms with Crippen LogP contribution < -0.4 is 5.73 Å². The van der Waals surface area contributed by atoms with Crippen molar-refractivity contribution in [3.63, 3.8) is 0 Å². The zero-order chi connectivity index (χ0) is 34.1. The largest absolute Gasteiger partial charge is 0.363 e. The molecule has 0 fully saturated rings. The van der Waals surface area contributed by atoms with E-state index in [0.29, 0.717) is 35.8 Å². The summed E-state index contributed by atoms with van der Waals surface area (Å²) in [6.07, 6.45) is 4.65. The van der Waals surface area contributed by atoms with E-state index in [1.807, 2.05) is 50.2 Å². The van der Waals surface area contributed by atoms with Crippen molar-refractivity contribution in [3.8, 4) is 11.1 Å². The van der Waals surface area contributed by atoms with Gasteiger partial charge in [-0.25, -0.2) is 8.78 Å². The molecule has 0 bridgehead atoms. The van der Waals surface area contributed by atoms with E-state index in [1.54, 1.807) is 36.4 Å². The average Bonchev–Trinajstić information content (AvgIpc) is 3.03. The fraction of sp³-hybridized carbons (Fsp3) is 0.324. The Balaban J connectivity index is 1.69. The summed E-state index contributed by atoms with van der Waals surface area (Å²) in [5.74, 6) is -5.03. The Kier molecular flexibility index (Phi) is 11.9. The molecule has 1 aromatic heterocycles. The average molecular weight is 645 g/mol. The van der Waals surface area contributed by atoms with Gasteiger partial charge >= 0.3 is 0 Å². The van der Waals surface area contributed by atoms with Gasteiger partial charge in [-0.05, 0) is 103 Å². The number of hydrogen-bond donors (Lipinski definition) is 3. The Morgan fingerprint density at radius 3 is 2.00 bits per heavy atom. The lowest BCUT2D eigenvalue weighted by molar-refractivity contribution is -0.185. The van der Waals surface area contributed by atoms with E-state index in [9.17, 15) is 28.6 Å². The fourth-order valence-electron chi connectivity index (χ4n) is 5.61. The molecule has 0 unspecified atom stereocenters. The molecule has 4 aromatic rings. The minimum atomic E-state index is -2.65. The maximum absolute atomic E-state index is 14.2. The summed E-state index contributed by atoms with van der Waals surface area (Å²) in [5.41, 5.74) is 10.1. The zero-order valence-corrected chi connectivity index (χ0v) is 27.0. The molecule has 1 heterocycles. The lowest BCUT2D eigenvalue weighted by atomic mass is 9.97. The second-order valence-electron chi connectivity index (χ2n) is 11.9. The van der Waals surface area contributed by atoms with Crippen LogP contribution in [0.2, 0.25) is 0 Å². The number of halogens is 2. The number of pyridine rings is 1. The summed E-state index contributed by atoms with van der Waals surface area (Å²) in [6, 6.07) is 17.5. The highest BCUT2D eigenvalue weighted by molar-refractivity contribution is 6.00. The van der Waals surface area contributed by atoms with Gasteiger partial charge in [-0.1, -0.05) is 32.0 Å². The van der Waals surface area contributed by atoms with Crippen molar-refractivity contribution < 1.29 is 28.6 Å². The molecule has 0 aliphatic rings. The minimum Gasteiger partial charge on any atom is -0.363 e. The summed E-state index contributed by atoms with van der Waals surface area (Å²) < 4.78 is 27.7. The predicted molar refractivity (Wildman–Crippen MR) is 177 cm³/mol. The van der Waals surface area contributed by atoms with Crippen LogP contribution in [0.3, 0.4) is 0 Å². The molecule has 10 heteroatoms. The first-order chi connectivity index (χ1) is 22.4. The lowest BCUT2D eigenvalue weighted by Crippen LogP contribution is -2.57. The van der Waals surface area contributed by atoms with Gasteiger partial charge in [0.05, 0.1) is 12.6 Å². The highest BCUT2D eigenvalue weighted by Gasteiger charge is 2.36. The maximum atomic E-state index is 14.2. The van der Waals surface area contributed by atoms with Crippen molar-refractivity contribution in [3.05, 3.63) is 125 Å². The zero-order valence-electron chi connectivity index (χ0n) is 27.0. The Labute approximate surface area is 274 Å². The van der Waals surface area contributed by atoms with Gasteiger partial charge in [0, 0.05) is 49.2 Å². The normalized spacial score (nSPS) is 12.1. The van der Waals surface area contributed by atoms with Crippen molar-refractivity contribution >= 4 is 11.8 Å². The van der Waals surface area contributed by atoms with Crippen molar-refractivity contribution in [2.24, 2.45) is 5.73 Å². The Morgan fingerprint density at radius 2 is 1.40 bits per heavy atom. The van der Waals surface area contributed by atoms with Crippen LogP contribution in [-0.2, 0) is 13.0 Å². The molecule has 0 spiro atoms. The van der Waals surface area contributed by atoms with Crippen molar-refractivity contribution in [1.82, 2.24) is 14.8 Å². The number of nitrogens with two attached hydrogens (primary N) is 1. The number of carbonyl (C=O) groups is 2. The molecule has 8 nitrogen and oxygen atoms in total. The van der Waals surface area contributed by atoms with E-state index in [-0.39, 0.29) is 30.0 Å². The van der Waals surface area contributed by atoms with Crippen LogP contribution in [0.15, 0.2) is 85.2 Å². The standard InChI is InChI=1S/C37H42F2N4O4/c1-4-13-42(14-5-2)35(44)30-15-25(3)16-31(21-30)36(45)43(23-26-7-6-8-29(17-26)28-9-11-41-12-10-28)24-37(46,47)34(40)20-27-18-32(38)22-33(39)19-27/h6-12,15-19,21-22,34,46-47H,4-5,13-14,20,23-24,40H2,1-3H3/t34-/m0/s1. The number of aromatic nitrogens is 1. The van der Waals surface area contributed by atoms with Gasteiger partial charge in [0.25, 0.3) is 11.8 Å². The summed E-state index contributed by atoms with van der Waals surface area (Å²) in [7, 11) is 0. The third-order valence-corrected chi connectivity index (χ3v) is 7.84. The quantitative estimate of drug-likeness (QED) is 0.156. The van der Waals surface area contributed by atoms with Crippen LogP contribution in [0.1, 0.15) is 64.1 Å². The number of hydrogen-bond acceptors (Lipinski definition) is 6. The fourth-order valence-corrected chi connectivity index (χ4v) is 5.61. The van der Waals surface area contributed by atoms with Crippen LogP contribution >= 0.6 is 0 Å². The Morgan fingerprint density at radius 1 is 0.809 bits per heavy atom. The van der Waals surface area contributed by atoms with Crippen molar-refractivity contribution in [2.75, 3.05) is 19.6 Å². The van der Waals surface area contributed by atoms with Gasteiger partial charge in [0.1, 0.15) is 11.6 Å². The molecule has 0 aliphatic carbocycles. The Bertz CT molecular complexity index is 1660. The molecule has 248 valence electrons. The second-order valence-corrected chi connectivity index (χ2v) is 11.9. The van der Waals surface area contributed by atoms with Crippen LogP contribution in [0.25, 0.3) is 11.1 Å². The Hall–Kier alpha value is -4.51. The molecule has 4 N–H and O–H groups in total. The van der Waals surface area contributed by atoms with E-state index in [4.69, 9.17) is 5.73 Å². The highest BCUT2D eigenvalue weighted by atomic mass is 19.1. The molecule has 47 heavy (non-hydrogen) atoms. The number of rotatable bonds is 14. The highest BCUT2D eigenvalue weighted by Crippen LogP contribution is 2.24. The molecule has 4 rings (SSSR count). The molecule has 0 saturated carbocycles. The van der Waals surface area contributed by atoms with E-state index >= 15 is 0 Å². The van der Waals surface area contributed by atoms with Gasteiger partial charge in [-0.3, -0.25) is 14.6 Å². The SMILES string of the molecule is CCCN(CCC)C(=O)c1cc(C)cc(C(=O)N(Cc2cccc(-c3ccncc3)c2)CC(O)(O)[C@@H](N)Cc2cc(F)cc(F)c2)c1. The van der Waals surface area contributed by atoms with Gasteiger partial charge in [0.15, 0.2) is 5.79 Å². The van der Waals surface area contributed by atoms with E-state index in [0.717, 1.165) is 36.1 Å². The second kappa shape index (κ2) is 15.9. The molecule has 3 aromatic carbocycles. The summed E-state index contributed by atoms with van der Waals surface area (Å²) in [4.78, 5) is 34.8. The predicted octanol–water partition coefficient (Wildman–Crippen LogP) is 5.49. The molecular weight excluding hydrogens is 602 g/mol. The maximum Gasteiger partial charge on any atom is 0.254 e. The van der Waals surface area contributed by atoms with Gasteiger partial charge in [0.2, 0.25) is 0 Å². The van der Waals surface area contributed by atoms with Crippen LogP contribution in [0.4, 0.5) is 8.78 Å². The minimum absolute atomic E-state index is 0.0308. The number of amides is 2. The lowest BCUT2D eigenvalue weighted by Gasteiger charge is -2.34. The molecule has 0 radical (unpaired) electrons. The molecule has 0 aliphatic heterocycles. The van der Waals surface area contributed by atoms with Crippen molar-refractivity contribution in [2.45, 2.75) is 58.4 Å². The monoisotopic (exact) mass is 644 g/mol. The smallest absolute Gasteiger partial charge is 0.254 e. The first-order valence-electron chi connectivity index (χ1n) is 15.7. The molecule has 1 atom stereocenters. The third kappa shape index (κ3) is 9.51. The summed E-state index contributed by atoms with van der Waals surface area (Å²) in [6.45, 7) is 6.28. The van der Waals surface area contributed by atoms with Crippen molar-refractivity contribution in [1.29, 1.82) is 0 Å². The molecular formula is C37H42F2N4O4. The number of aryl methyl sites for hydroxylation is 1. The van der Waals surface area contributed by atoms with Gasteiger partial charge in [-0.2, -0.15) is 0 Å². The summed E-state index contributed by atoms with van der Waals surface area (Å²) in [5, 5.41) is 22.5. The number of carbonyl (C=O) groups excluding carboxylic acids is 2. The number of aliphatic hydroxyl groups is 2. The first kappa shape index (κ1) is 35.3. The number of benzene rings is 3. The van der Waals surface area contributed by atoms with E-state index in [1.165, 1.54) is 11.0 Å². The van der Waals surface area contributed by atoms with Crippen LogP contribution in [0.5, 0.6) is 0 Å². The number of nitrogens with zero attached hydrogens (tertiary/aromatic N) is 3.